The largest absolute Gasteiger partial charge is 0.480 e. The molecule has 96 valence electrons. The summed E-state index contributed by atoms with van der Waals surface area (Å²) >= 11 is 1.29. The number of carbonyl (C=O) groups is 3. The molecule has 6 nitrogen and oxygen atoms in total. The van der Waals surface area contributed by atoms with Crippen LogP contribution in [0.25, 0.3) is 0 Å². The van der Waals surface area contributed by atoms with Crippen molar-refractivity contribution in [3.63, 3.8) is 0 Å². The van der Waals surface area contributed by atoms with Crippen molar-refractivity contribution in [3.05, 3.63) is 0 Å². The van der Waals surface area contributed by atoms with Crippen LogP contribution in [0.1, 0.15) is 13.3 Å². The molecule has 0 bridgehead atoms. The zero-order valence-corrected chi connectivity index (χ0v) is 10.6. The van der Waals surface area contributed by atoms with Gasteiger partial charge < -0.3 is 15.3 Å². The number of carboxylic acids is 1. The predicted octanol–water partition coefficient (Wildman–Crippen LogP) is -0.460. The molecule has 1 fully saturated rings. The van der Waals surface area contributed by atoms with E-state index in [4.69, 9.17) is 5.11 Å². The first-order valence-corrected chi connectivity index (χ1v) is 6.33. The number of carboxylic acid groups (broad SMARTS) is 1. The Labute approximate surface area is 104 Å². The molecule has 1 saturated heterocycles. The van der Waals surface area contributed by atoms with Crippen LogP contribution in [0.15, 0.2) is 0 Å². The van der Waals surface area contributed by atoms with Gasteiger partial charge >= 0.3 is 5.97 Å². The highest BCUT2D eigenvalue weighted by Gasteiger charge is 2.31. The summed E-state index contributed by atoms with van der Waals surface area (Å²) in [5.41, 5.74) is 0. The van der Waals surface area contributed by atoms with Gasteiger partial charge in [0.05, 0.1) is 5.25 Å². The number of carbonyl (C=O) groups excluding carboxylic acids is 2. The minimum absolute atomic E-state index is 0.0296. The molecular weight excluding hydrogens is 244 g/mol. The van der Waals surface area contributed by atoms with Crippen LogP contribution in [0.5, 0.6) is 0 Å². The van der Waals surface area contributed by atoms with Crippen molar-refractivity contribution in [3.8, 4) is 0 Å². The number of hydrogen-bond acceptors (Lipinski definition) is 4. The van der Waals surface area contributed by atoms with Crippen molar-refractivity contribution in [2.24, 2.45) is 0 Å². The van der Waals surface area contributed by atoms with Crippen LogP contribution in [0, 0.1) is 0 Å². The molecule has 0 aromatic rings. The van der Waals surface area contributed by atoms with E-state index in [2.05, 4.69) is 5.32 Å². The topological polar surface area (TPSA) is 86.7 Å². The van der Waals surface area contributed by atoms with E-state index in [0.717, 1.165) is 6.42 Å². The number of hydrogen-bond donors (Lipinski definition) is 2. The Hall–Kier alpha value is -1.24. The molecule has 2 N–H and O–H groups in total. The third kappa shape index (κ3) is 3.92. The molecule has 1 unspecified atom stereocenters. The van der Waals surface area contributed by atoms with Gasteiger partial charge in [0.15, 0.2) is 0 Å². The van der Waals surface area contributed by atoms with Crippen molar-refractivity contribution in [1.82, 2.24) is 10.2 Å². The molecule has 0 aromatic heterocycles. The average molecular weight is 260 g/mol. The Bertz CT molecular complexity index is 334. The maximum atomic E-state index is 11.6. The molecule has 0 radical (unpaired) electrons. The second-order valence-corrected chi connectivity index (χ2v) is 5.20. The molecule has 1 rings (SSSR count). The zero-order valence-electron chi connectivity index (χ0n) is 9.80. The first kappa shape index (κ1) is 13.8. The number of nitrogens with one attached hydrogen (secondary N) is 1. The van der Waals surface area contributed by atoms with Gasteiger partial charge in [-0.1, -0.05) is 0 Å². The molecule has 1 aliphatic rings. The van der Waals surface area contributed by atoms with Crippen LogP contribution >= 0.6 is 11.8 Å². The molecule has 17 heavy (non-hydrogen) atoms. The molecule has 2 amide bonds. The maximum absolute atomic E-state index is 11.6. The molecule has 7 heteroatoms. The fourth-order valence-corrected chi connectivity index (χ4v) is 2.82. The van der Waals surface area contributed by atoms with Gasteiger partial charge in [0.1, 0.15) is 6.04 Å². The van der Waals surface area contributed by atoms with E-state index in [1.165, 1.54) is 18.7 Å². The molecule has 0 spiro atoms. The van der Waals surface area contributed by atoms with Gasteiger partial charge in [-0.25, -0.2) is 4.79 Å². The first-order chi connectivity index (χ1) is 7.91. The number of likely N-dealkylation sites (tertiary alicyclic amines) is 1. The summed E-state index contributed by atoms with van der Waals surface area (Å²) in [6.45, 7) is 1.98. The summed E-state index contributed by atoms with van der Waals surface area (Å²) < 4.78 is 0. The molecule has 0 aromatic carbocycles. The standard InChI is InChI=1S/C10H16N2O4S/c1-6(13)11-7(10(15)16)5-17-8-3-4-12(2)9(8)14/h7-8H,3-5H2,1-2H3,(H,11,13)(H,15,16)/t7-,8?/m0/s1. The summed E-state index contributed by atoms with van der Waals surface area (Å²) in [5, 5.41) is 11.1. The summed E-state index contributed by atoms with van der Waals surface area (Å²) in [4.78, 5) is 34.9. The third-order valence-corrected chi connectivity index (χ3v) is 3.88. The molecule has 1 aliphatic heterocycles. The number of nitrogens with zero attached hydrogens (tertiary/aromatic N) is 1. The van der Waals surface area contributed by atoms with Crippen molar-refractivity contribution < 1.29 is 19.5 Å². The van der Waals surface area contributed by atoms with Gasteiger partial charge in [0.2, 0.25) is 11.8 Å². The number of thioether (sulfide) groups is 1. The van der Waals surface area contributed by atoms with Gasteiger partial charge in [-0.2, -0.15) is 0 Å². The molecule has 0 saturated carbocycles. The van der Waals surface area contributed by atoms with Crippen LogP contribution in [0.2, 0.25) is 0 Å². The highest BCUT2D eigenvalue weighted by molar-refractivity contribution is 8.00. The lowest BCUT2D eigenvalue weighted by Crippen LogP contribution is -2.42. The lowest BCUT2D eigenvalue weighted by molar-refractivity contribution is -0.140. The fourth-order valence-electron chi connectivity index (χ4n) is 1.58. The monoisotopic (exact) mass is 260 g/mol. The Morgan fingerprint density at radius 3 is 2.71 bits per heavy atom. The minimum atomic E-state index is -1.08. The second kappa shape index (κ2) is 5.90. The molecule has 0 aliphatic carbocycles. The van der Waals surface area contributed by atoms with Crippen LogP contribution < -0.4 is 5.32 Å². The fraction of sp³-hybridized carbons (Fsp3) is 0.700. The van der Waals surface area contributed by atoms with E-state index >= 15 is 0 Å². The summed E-state index contributed by atoms with van der Waals surface area (Å²) in [7, 11) is 1.73. The lowest BCUT2D eigenvalue weighted by atomic mass is 10.3. The Balaban J connectivity index is 2.44. The normalized spacial score (nSPS) is 21.4. The number of rotatable bonds is 5. The quantitative estimate of drug-likeness (QED) is 0.698. The van der Waals surface area contributed by atoms with Gasteiger partial charge in [0, 0.05) is 26.3 Å². The first-order valence-electron chi connectivity index (χ1n) is 5.28. The summed E-state index contributed by atoms with van der Waals surface area (Å²) in [5.74, 6) is -1.22. The van der Waals surface area contributed by atoms with E-state index in [0.29, 0.717) is 6.54 Å². The molecular formula is C10H16N2O4S. The Morgan fingerprint density at radius 1 is 1.65 bits per heavy atom. The SMILES string of the molecule is CC(=O)N[C@@H](CSC1CCN(C)C1=O)C(=O)O. The van der Waals surface area contributed by atoms with E-state index in [9.17, 15) is 14.4 Å². The smallest absolute Gasteiger partial charge is 0.327 e. The number of aliphatic carboxylic acids is 1. The van der Waals surface area contributed by atoms with Gasteiger partial charge in [-0.3, -0.25) is 9.59 Å². The summed E-state index contributed by atoms with van der Waals surface area (Å²) in [6.07, 6.45) is 0.729. The highest BCUT2D eigenvalue weighted by atomic mass is 32.2. The van der Waals surface area contributed by atoms with E-state index in [-0.39, 0.29) is 22.8 Å². The van der Waals surface area contributed by atoms with E-state index in [1.54, 1.807) is 11.9 Å². The van der Waals surface area contributed by atoms with E-state index < -0.39 is 12.0 Å². The van der Waals surface area contributed by atoms with Crippen LogP contribution in [0.4, 0.5) is 0 Å². The van der Waals surface area contributed by atoms with Crippen molar-refractivity contribution in [2.45, 2.75) is 24.6 Å². The Kier molecular flexibility index (Phi) is 4.80. The van der Waals surface area contributed by atoms with Gasteiger partial charge in [-0.15, -0.1) is 11.8 Å². The third-order valence-electron chi connectivity index (χ3n) is 2.52. The second-order valence-electron chi connectivity index (χ2n) is 3.96. The lowest BCUT2D eigenvalue weighted by Gasteiger charge is -2.15. The van der Waals surface area contributed by atoms with Crippen LogP contribution in [-0.4, -0.2) is 58.4 Å². The minimum Gasteiger partial charge on any atom is -0.480 e. The highest BCUT2D eigenvalue weighted by Crippen LogP contribution is 2.23. The Morgan fingerprint density at radius 2 is 2.29 bits per heavy atom. The van der Waals surface area contributed by atoms with Crippen molar-refractivity contribution >= 4 is 29.5 Å². The van der Waals surface area contributed by atoms with Crippen molar-refractivity contribution in [2.75, 3.05) is 19.3 Å². The summed E-state index contributed by atoms with van der Waals surface area (Å²) in [6, 6.07) is -0.934. The predicted molar refractivity (Wildman–Crippen MR) is 63.7 cm³/mol. The molecule has 1 heterocycles. The van der Waals surface area contributed by atoms with Crippen LogP contribution in [-0.2, 0) is 14.4 Å². The van der Waals surface area contributed by atoms with Gasteiger partial charge in [0.25, 0.3) is 0 Å². The molecule has 2 atom stereocenters. The van der Waals surface area contributed by atoms with Crippen molar-refractivity contribution in [1.29, 1.82) is 0 Å². The maximum Gasteiger partial charge on any atom is 0.327 e. The zero-order chi connectivity index (χ0) is 13.0. The van der Waals surface area contributed by atoms with E-state index in [1.807, 2.05) is 0 Å². The average Bonchev–Trinajstić information content (AvgIpc) is 2.54. The van der Waals surface area contributed by atoms with Crippen LogP contribution in [0.3, 0.4) is 0 Å². The van der Waals surface area contributed by atoms with Gasteiger partial charge in [-0.05, 0) is 6.42 Å². The number of amides is 2.